The van der Waals surface area contributed by atoms with Crippen molar-refractivity contribution in [2.45, 2.75) is 25.3 Å². The summed E-state index contributed by atoms with van der Waals surface area (Å²) in [6.45, 7) is 0.964. The lowest BCUT2D eigenvalue weighted by atomic mass is 9.93. The second-order valence-electron chi connectivity index (χ2n) is 5.23. The fourth-order valence-electron chi connectivity index (χ4n) is 3.18. The molecular weight excluding hydrogens is 330 g/mol. The van der Waals surface area contributed by atoms with Gasteiger partial charge in [0.05, 0.1) is 22.4 Å². The van der Waals surface area contributed by atoms with E-state index in [1.165, 1.54) is 12.8 Å². The van der Waals surface area contributed by atoms with Gasteiger partial charge in [0.2, 0.25) is 5.91 Å². The zero-order valence-electron chi connectivity index (χ0n) is 10.3. The first-order valence-electron chi connectivity index (χ1n) is 6.50. The summed E-state index contributed by atoms with van der Waals surface area (Å²) in [5.41, 5.74) is 0.671. The summed E-state index contributed by atoms with van der Waals surface area (Å²) in [6, 6.07) is 1.70. The molecule has 6 heteroatoms. The van der Waals surface area contributed by atoms with Gasteiger partial charge in [0.25, 0.3) is 0 Å². The molecule has 1 amide bonds. The first-order chi connectivity index (χ1) is 9.15. The number of aromatic nitrogens is 1. The number of nitrogens with zero attached hydrogens (tertiary/aromatic N) is 1. The van der Waals surface area contributed by atoms with Gasteiger partial charge >= 0.3 is 0 Å². The van der Waals surface area contributed by atoms with Crippen LogP contribution < -0.4 is 10.6 Å². The van der Waals surface area contributed by atoms with E-state index in [1.54, 1.807) is 12.3 Å². The summed E-state index contributed by atoms with van der Waals surface area (Å²) in [5, 5.41) is 6.64. The lowest BCUT2D eigenvalue weighted by Crippen LogP contribution is -2.39. The standard InChI is InChI=1S/C13H15BrClN3O/c14-10-4-8(6-17-12(10)15)18-13(19)11-9-3-1-2-7(9)5-16-11/h4,6-7,9,11,16H,1-3,5H2,(H,18,19). The maximum absolute atomic E-state index is 12.3. The predicted molar refractivity (Wildman–Crippen MR) is 78.2 cm³/mol. The lowest BCUT2D eigenvalue weighted by Gasteiger charge is -2.17. The van der Waals surface area contributed by atoms with Gasteiger partial charge in [-0.05, 0) is 53.2 Å². The van der Waals surface area contributed by atoms with Gasteiger partial charge in [0, 0.05) is 0 Å². The summed E-state index contributed by atoms with van der Waals surface area (Å²) < 4.78 is 0.685. The number of hydrogen-bond acceptors (Lipinski definition) is 3. The normalized spacial score (nSPS) is 29.3. The third-order valence-electron chi connectivity index (χ3n) is 4.09. The van der Waals surface area contributed by atoms with Gasteiger partial charge in [0.1, 0.15) is 5.15 Å². The number of carbonyl (C=O) groups is 1. The van der Waals surface area contributed by atoms with Crippen molar-refractivity contribution in [2.75, 3.05) is 11.9 Å². The molecule has 1 saturated carbocycles. The first kappa shape index (κ1) is 13.3. The van der Waals surface area contributed by atoms with Crippen LogP contribution in [0.4, 0.5) is 5.69 Å². The van der Waals surface area contributed by atoms with Crippen molar-refractivity contribution < 1.29 is 4.79 Å². The number of fused-ring (bicyclic) bond motifs is 1. The molecule has 2 heterocycles. The molecule has 2 aliphatic rings. The molecule has 0 radical (unpaired) electrons. The zero-order chi connectivity index (χ0) is 13.4. The number of rotatable bonds is 2. The topological polar surface area (TPSA) is 54.0 Å². The van der Waals surface area contributed by atoms with Crippen molar-refractivity contribution >= 4 is 39.1 Å². The second-order valence-corrected chi connectivity index (χ2v) is 6.44. The Morgan fingerprint density at radius 1 is 1.53 bits per heavy atom. The molecule has 3 atom stereocenters. The van der Waals surface area contributed by atoms with Crippen LogP contribution in [0.5, 0.6) is 0 Å². The quantitative estimate of drug-likeness (QED) is 0.811. The Morgan fingerprint density at radius 3 is 3.16 bits per heavy atom. The van der Waals surface area contributed by atoms with Gasteiger partial charge in [0.15, 0.2) is 0 Å². The van der Waals surface area contributed by atoms with Crippen LogP contribution in [0.3, 0.4) is 0 Å². The molecule has 1 aromatic heterocycles. The third-order valence-corrected chi connectivity index (χ3v) is 5.23. The smallest absolute Gasteiger partial charge is 0.241 e. The van der Waals surface area contributed by atoms with Gasteiger partial charge in [-0.2, -0.15) is 0 Å². The van der Waals surface area contributed by atoms with Crippen LogP contribution >= 0.6 is 27.5 Å². The maximum Gasteiger partial charge on any atom is 0.241 e. The van der Waals surface area contributed by atoms with E-state index in [1.807, 2.05) is 0 Å². The molecule has 1 saturated heterocycles. The molecule has 102 valence electrons. The van der Waals surface area contributed by atoms with Crippen molar-refractivity contribution in [3.63, 3.8) is 0 Å². The van der Waals surface area contributed by atoms with Crippen molar-refractivity contribution in [3.8, 4) is 0 Å². The molecule has 1 aliphatic heterocycles. The van der Waals surface area contributed by atoms with Gasteiger partial charge in [-0.15, -0.1) is 0 Å². The number of hydrogen-bond donors (Lipinski definition) is 2. The Balaban J connectivity index is 1.69. The highest BCUT2D eigenvalue weighted by atomic mass is 79.9. The zero-order valence-corrected chi connectivity index (χ0v) is 12.7. The Bertz CT molecular complexity index is 511. The SMILES string of the molecule is O=C(Nc1cnc(Cl)c(Br)c1)C1NCC2CCCC21. The summed E-state index contributed by atoms with van der Waals surface area (Å²) in [7, 11) is 0. The molecule has 19 heavy (non-hydrogen) atoms. The number of carbonyl (C=O) groups excluding carboxylic acids is 1. The third kappa shape index (κ3) is 2.64. The van der Waals surface area contributed by atoms with Gasteiger partial charge in [-0.1, -0.05) is 18.0 Å². The average molecular weight is 345 g/mol. The summed E-state index contributed by atoms with van der Waals surface area (Å²) in [6.07, 6.45) is 5.22. The summed E-state index contributed by atoms with van der Waals surface area (Å²) in [4.78, 5) is 16.3. The highest BCUT2D eigenvalue weighted by molar-refractivity contribution is 9.10. The Labute approximate surface area is 125 Å². The van der Waals surface area contributed by atoms with Crippen LogP contribution in [-0.4, -0.2) is 23.5 Å². The van der Waals surface area contributed by atoms with E-state index in [-0.39, 0.29) is 11.9 Å². The number of amides is 1. The van der Waals surface area contributed by atoms with E-state index >= 15 is 0 Å². The molecule has 0 bridgehead atoms. The Kier molecular flexibility index (Phi) is 3.78. The van der Waals surface area contributed by atoms with Gasteiger partial charge < -0.3 is 10.6 Å². The van der Waals surface area contributed by atoms with E-state index in [4.69, 9.17) is 11.6 Å². The molecule has 2 N–H and O–H groups in total. The van der Waals surface area contributed by atoms with E-state index in [9.17, 15) is 4.79 Å². The largest absolute Gasteiger partial charge is 0.323 e. The van der Waals surface area contributed by atoms with Crippen LogP contribution in [0.25, 0.3) is 0 Å². The summed E-state index contributed by atoms with van der Waals surface area (Å²) >= 11 is 9.14. The molecule has 1 aromatic rings. The fraction of sp³-hybridized carbons (Fsp3) is 0.538. The van der Waals surface area contributed by atoms with Gasteiger partial charge in [-0.25, -0.2) is 4.98 Å². The van der Waals surface area contributed by atoms with Crippen molar-refractivity contribution in [1.82, 2.24) is 10.3 Å². The lowest BCUT2D eigenvalue weighted by molar-refractivity contribution is -0.118. The number of nitrogens with one attached hydrogen (secondary N) is 2. The molecule has 0 spiro atoms. The van der Waals surface area contributed by atoms with E-state index < -0.39 is 0 Å². The minimum atomic E-state index is -0.0676. The number of anilines is 1. The average Bonchev–Trinajstić information content (AvgIpc) is 2.95. The van der Waals surface area contributed by atoms with Gasteiger partial charge in [-0.3, -0.25) is 4.79 Å². The monoisotopic (exact) mass is 343 g/mol. The van der Waals surface area contributed by atoms with Crippen LogP contribution in [0.1, 0.15) is 19.3 Å². The Hall–Kier alpha value is -0.650. The Morgan fingerprint density at radius 2 is 2.37 bits per heavy atom. The molecule has 2 fully saturated rings. The molecule has 1 aliphatic carbocycles. The van der Waals surface area contributed by atoms with Crippen molar-refractivity contribution in [1.29, 1.82) is 0 Å². The second kappa shape index (κ2) is 5.38. The summed E-state index contributed by atoms with van der Waals surface area (Å²) in [5.74, 6) is 1.19. The van der Waals surface area contributed by atoms with Crippen LogP contribution in [0, 0.1) is 11.8 Å². The van der Waals surface area contributed by atoms with E-state index in [0.717, 1.165) is 13.0 Å². The number of halogens is 2. The highest BCUT2D eigenvalue weighted by Crippen LogP contribution is 2.38. The van der Waals surface area contributed by atoms with Crippen molar-refractivity contribution in [3.05, 3.63) is 21.9 Å². The van der Waals surface area contributed by atoms with E-state index in [0.29, 0.717) is 27.1 Å². The molecular formula is C13H15BrClN3O. The molecule has 3 rings (SSSR count). The van der Waals surface area contributed by atoms with Crippen LogP contribution in [0.15, 0.2) is 16.7 Å². The minimum absolute atomic E-state index is 0.0328. The molecule has 0 aromatic carbocycles. The number of pyridine rings is 1. The van der Waals surface area contributed by atoms with Crippen molar-refractivity contribution in [2.24, 2.45) is 11.8 Å². The fourth-order valence-corrected chi connectivity index (χ4v) is 3.64. The molecule has 4 nitrogen and oxygen atoms in total. The predicted octanol–water partition coefficient (Wildman–Crippen LogP) is 2.82. The minimum Gasteiger partial charge on any atom is -0.323 e. The highest BCUT2D eigenvalue weighted by Gasteiger charge is 2.42. The van der Waals surface area contributed by atoms with Crippen LogP contribution in [-0.2, 0) is 4.79 Å². The van der Waals surface area contributed by atoms with E-state index in [2.05, 4.69) is 31.5 Å². The maximum atomic E-state index is 12.3. The first-order valence-corrected chi connectivity index (χ1v) is 7.67. The molecule has 3 unspecified atom stereocenters. The van der Waals surface area contributed by atoms with Crippen LogP contribution in [0.2, 0.25) is 5.15 Å².